The summed E-state index contributed by atoms with van der Waals surface area (Å²) < 4.78 is 221. The molecule has 0 radical (unpaired) electrons. The zero-order valence-electron chi connectivity index (χ0n) is 73.1. The molecule has 712 valence electrons. The number of ketones is 1. The van der Waals surface area contributed by atoms with Crippen LogP contribution in [0.15, 0.2) is 164 Å². The van der Waals surface area contributed by atoms with E-state index in [1.54, 1.807) is 50.3 Å². The number of hydroxylamine groups is 1. The molecule has 0 aliphatic heterocycles. The normalized spacial score (nSPS) is 19.3. The number of Topliss-reactive ketones (excluding diaryl/α,β-unsaturated/α-hetero) is 1. The third-order valence-electron chi connectivity index (χ3n) is 24.7. The Kier molecular flexibility index (Phi) is 34.8. The van der Waals surface area contributed by atoms with Gasteiger partial charge in [-0.1, -0.05) is 85.0 Å². The maximum Gasteiger partial charge on any atom is 0.534 e. The maximum atomic E-state index is 14.2. The number of carbonyl (C=O) groups is 6. The third-order valence-corrected chi connectivity index (χ3v) is 25.7. The largest absolute Gasteiger partial charge is 0.534 e. The van der Waals surface area contributed by atoms with Gasteiger partial charge in [0.2, 0.25) is 0 Å². The van der Waals surface area contributed by atoms with Gasteiger partial charge in [0, 0.05) is 56.6 Å². The molecule has 11 aromatic rings. The summed E-state index contributed by atoms with van der Waals surface area (Å²) in [6, 6.07) is 29.3. The molecule has 0 bridgehead atoms. The number of aliphatic carboxylic acids is 1. The highest BCUT2D eigenvalue weighted by atomic mass is 32.2. The van der Waals surface area contributed by atoms with Crippen molar-refractivity contribution in [2.75, 3.05) is 21.3 Å². The minimum Gasteiger partial charge on any atom is -0.480 e. The number of hydrogen-bond donors (Lipinski definition) is 3. The van der Waals surface area contributed by atoms with E-state index < -0.39 is 136 Å². The van der Waals surface area contributed by atoms with Crippen molar-refractivity contribution in [1.29, 1.82) is 0 Å². The number of rotatable bonds is 15. The highest BCUT2D eigenvalue weighted by Gasteiger charge is 2.54. The lowest BCUT2D eigenvalue weighted by molar-refractivity contribution is -0.148. The molecule has 0 unspecified atom stereocenters. The molecular weight excluding hydrogens is 1880 g/mol. The van der Waals surface area contributed by atoms with Gasteiger partial charge in [-0.2, -0.15) is 104 Å². The molecule has 1 amide bonds. The molecule has 3 heterocycles. The summed E-state index contributed by atoms with van der Waals surface area (Å²) in [4.78, 5) is 73.5. The Labute approximate surface area is 790 Å². The second-order valence-corrected chi connectivity index (χ2v) is 33.3. The van der Waals surface area contributed by atoms with Gasteiger partial charge in [-0.05, 0) is 230 Å². The summed E-state index contributed by atoms with van der Waals surface area (Å²) in [6.45, 7) is 6.93. The summed E-state index contributed by atoms with van der Waals surface area (Å²) in [5.74, 6) is -14.6. The number of carboxylic acid groups (broad SMARTS) is 1. The van der Waals surface area contributed by atoms with Crippen LogP contribution in [0.3, 0.4) is 0 Å². The lowest BCUT2D eigenvalue weighted by Gasteiger charge is -2.27. The van der Waals surface area contributed by atoms with Crippen molar-refractivity contribution in [3.05, 3.63) is 294 Å². The number of ether oxygens (including phenoxy) is 3. The van der Waals surface area contributed by atoms with E-state index in [0.29, 0.717) is 60.8 Å². The molecule has 8 aromatic carbocycles. The first kappa shape index (κ1) is 109. The molecular formula is C93H94F13N7O14S6. The van der Waals surface area contributed by atoms with Crippen LogP contribution >= 0.6 is 67.5 Å². The van der Waals surface area contributed by atoms with Gasteiger partial charge in [-0.25, -0.2) is 49.4 Å². The Morgan fingerprint density at radius 2 is 0.714 bits per heavy atom. The van der Waals surface area contributed by atoms with Crippen LogP contribution < -0.4 is 5.48 Å². The number of nitrogens with zero attached hydrogens (tertiary/aromatic N) is 6. The standard InChI is InChI=1S/C22H20F2N2O2.C21H19F2N3O2.C21H18F2N2O2.C15H13F5O5S.C14H14F2O3.5H2S/c1-13-17(6-7-18(23)20(13)24)22(21(27)28-3)9-8-15(11-22)14-4-5-16-12-25-26(2)19(16)10-14;1-12-16(5-6-17(22)19(12)23)21(20(27)25-28)8-7-14(10-21)13-3-4-15-11-24-26(2)18(15)9-13;1-12-16(5-6-17(22)19(12)23)21(20(26)27)8-7-14(10-21)13-3-4-15-11-24-25(2)18(15)9-13;1-8-10(3-4-11(16)12(8)17)14(13(21)24-2)6-5-9(7-14)25-26(22,23)15(18,19)20;1-8-10(3-4-11(15)12(8)16)14(13(18)19-2)6-5-9(17)7-14;;;;;/h4-7,10-12H,8-9H2,1-3H3;3-6,9-11,28H,7-8H2,1-2H3,(H,25,27);3-6,9-11H,7-8H2,1-2H3,(H,26,27);3-4,7H,5-6H2,1-2H3;3-4H,5-7H2,1-2H3;5*1H2/t22-;2*21-;2*14-;;;;;/m00000...../s1. The van der Waals surface area contributed by atoms with Gasteiger partial charge in [-0.15, -0.1) is 0 Å². The Morgan fingerprint density at radius 3 is 1.05 bits per heavy atom. The number of carboxylic acids is 1. The van der Waals surface area contributed by atoms with Gasteiger partial charge in [0.25, 0.3) is 5.91 Å². The molecule has 5 aliphatic carbocycles. The summed E-state index contributed by atoms with van der Waals surface area (Å²) in [5, 5.41) is 35.1. The molecule has 3 aromatic heterocycles. The van der Waals surface area contributed by atoms with Crippen LogP contribution in [0.1, 0.15) is 143 Å². The monoisotopic (exact) mass is 1970 g/mol. The number of nitrogens with one attached hydrogen (secondary N) is 1. The van der Waals surface area contributed by atoms with Gasteiger partial charge < -0.3 is 23.5 Å². The van der Waals surface area contributed by atoms with E-state index >= 15 is 0 Å². The molecule has 16 rings (SSSR count). The molecule has 5 atom stereocenters. The molecule has 40 heteroatoms. The Morgan fingerprint density at radius 1 is 0.414 bits per heavy atom. The predicted octanol–water partition coefficient (Wildman–Crippen LogP) is 18.8. The Bertz CT molecular complexity index is 6460. The fourth-order valence-electron chi connectivity index (χ4n) is 17.8. The van der Waals surface area contributed by atoms with Crippen molar-refractivity contribution < 1.29 is 123 Å². The van der Waals surface area contributed by atoms with Crippen LogP contribution in [-0.4, -0.2) is 110 Å². The lowest BCUT2D eigenvalue weighted by atomic mass is 9.76. The van der Waals surface area contributed by atoms with E-state index in [9.17, 15) is 105 Å². The second kappa shape index (κ2) is 42.5. The molecule has 133 heavy (non-hydrogen) atoms. The molecule has 0 spiro atoms. The van der Waals surface area contributed by atoms with E-state index in [0.717, 1.165) is 116 Å². The third kappa shape index (κ3) is 20.4. The van der Waals surface area contributed by atoms with Crippen molar-refractivity contribution >= 4 is 163 Å². The van der Waals surface area contributed by atoms with E-state index in [4.69, 9.17) is 9.47 Å². The molecule has 5 aliphatic rings. The van der Waals surface area contributed by atoms with Crippen LogP contribution in [0.2, 0.25) is 0 Å². The summed E-state index contributed by atoms with van der Waals surface area (Å²) in [5.41, 5.74) is -0.887. The average Bonchev–Trinajstić information content (AvgIpc) is 1.61. The number of hydrogen-bond acceptors (Lipinski definition) is 16. The first-order valence-corrected chi connectivity index (χ1v) is 41.1. The van der Waals surface area contributed by atoms with Crippen LogP contribution in [-0.2, 0) is 105 Å². The highest BCUT2D eigenvalue weighted by Crippen LogP contribution is 2.51. The Balaban J connectivity index is 0.000000226. The van der Waals surface area contributed by atoms with Crippen LogP contribution in [0.4, 0.5) is 57.1 Å². The molecule has 1 saturated carbocycles. The van der Waals surface area contributed by atoms with Crippen molar-refractivity contribution in [1.82, 2.24) is 34.8 Å². The zero-order chi connectivity index (χ0) is 93.6. The van der Waals surface area contributed by atoms with Gasteiger partial charge in [0.05, 0.1) is 61.9 Å². The van der Waals surface area contributed by atoms with E-state index in [-0.39, 0.29) is 139 Å². The maximum absolute atomic E-state index is 14.2. The van der Waals surface area contributed by atoms with Crippen molar-refractivity contribution in [3.8, 4) is 0 Å². The van der Waals surface area contributed by atoms with E-state index in [1.165, 1.54) is 73.1 Å². The summed E-state index contributed by atoms with van der Waals surface area (Å²) in [6.07, 6.45) is 14.1. The number of carbonyl (C=O) groups excluding carboxylic acids is 5. The first-order chi connectivity index (χ1) is 60.3. The SMILES string of the molecule is COC(=O)[C@@]1(c2ccc(F)c(F)c2C)CCC(=O)C1.COC(=O)[C@]1(c2ccc(F)c(F)c2C)C=C(OS(=O)(=O)C(F)(F)F)CC1.COC(=O)[C@]1(c2ccc(F)c(F)c2C)C=C(c2ccc3cnn(C)c3c2)CC1.Cc1c([C@@]2(C(=O)NO)C=C(c3ccc4cnn(C)c4c3)CC2)ccc(F)c1F.Cc1c([C@@]2(C(=O)O)C=C(c3ccc4cnn(C)c4c3)CC2)ccc(F)c1F.S.S.S.S.S. The number of amides is 1. The minimum absolute atomic E-state index is 0. The van der Waals surface area contributed by atoms with Crippen molar-refractivity contribution in [2.24, 2.45) is 21.1 Å². The molecule has 1 fully saturated rings. The number of fused-ring (bicyclic) bond motifs is 3. The van der Waals surface area contributed by atoms with Crippen molar-refractivity contribution in [2.45, 2.75) is 138 Å². The number of methoxy groups -OCH3 is 3. The Hall–Kier alpha value is -11.3. The van der Waals surface area contributed by atoms with E-state index in [1.807, 2.05) is 81.8 Å². The van der Waals surface area contributed by atoms with Crippen LogP contribution in [0.5, 0.6) is 0 Å². The van der Waals surface area contributed by atoms with Crippen LogP contribution in [0.25, 0.3) is 49.4 Å². The van der Waals surface area contributed by atoms with Crippen LogP contribution in [0, 0.1) is 92.8 Å². The second-order valence-electron chi connectivity index (χ2n) is 31.8. The number of allylic oxidation sites excluding steroid dienone is 4. The number of benzene rings is 8. The quantitative estimate of drug-likeness (QED) is 0.0164. The number of aryl methyl sites for hydroxylation is 3. The smallest absolute Gasteiger partial charge is 0.480 e. The van der Waals surface area contributed by atoms with Crippen molar-refractivity contribution in [3.63, 3.8) is 0 Å². The number of aromatic nitrogens is 6. The van der Waals surface area contributed by atoms with Gasteiger partial charge in [0.1, 0.15) is 33.2 Å². The topological polar surface area (TPSA) is 279 Å². The number of alkyl halides is 3. The summed E-state index contributed by atoms with van der Waals surface area (Å²) in [7, 11) is 3.18. The van der Waals surface area contributed by atoms with Gasteiger partial charge in [-0.3, -0.25) is 48.0 Å². The minimum atomic E-state index is -5.93. The van der Waals surface area contributed by atoms with Gasteiger partial charge in [0.15, 0.2) is 58.2 Å². The fraction of sp³-hybridized carbons (Fsp3) is 0.301. The molecule has 21 nitrogen and oxygen atoms in total. The average molecular weight is 1970 g/mol. The molecule has 0 saturated heterocycles. The highest BCUT2D eigenvalue weighted by molar-refractivity contribution is 7.87. The predicted molar refractivity (Wildman–Crippen MR) is 495 cm³/mol. The van der Waals surface area contributed by atoms with E-state index in [2.05, 4.69) is 24.2 Å². The lowest BCUT2D eigenvalue weighted by Crippen LogP contribution is -2.41. The zero-order valence-corrected chi connectivity index (χ0v) is 78.9. The summed E-state index contributed by atoms with van der Waals surface area (Å²) >= 11 is 0. The number of halogens is 13. The molecule has 3 N–H and O–H groups in total. The first-order valence-electron chi connectivity index (χ1n) is 39.7. The number of esters is 3. The van der Waals surface area contributed by atoms with Gasteiger partial charge >= 0.3 is 39.5 Å². The fourth-order valence-corrected chi connectivity index (χ4v) is 18.3.